The average molecular weight is 409 g/mol. The SMILES string of the molecule is CCN(C(=O)NCC1CN(C)C1)C(=O)[C@@H]1C[C@@H]2CC3(CC[C@H]2N(C)C1)OCCO3. The number of likely N-dealkylation sites (tertiary alicyclic amines) is 2. The molecule has 3 aliphatic heterocycles. The van der Waals surface area contributed by atoms with E-state index in [-0.39, 0.29) is 17.9 Å². The Hall–Kier alpha value is -1.22. The molecule has 3 amide bonds. The number of ether oxygens (including phenoxy) is 2. The largest absolute Gasteiger partial charge is 0.348 e. The molecule has 3 heterocycles. The number of imide groups is 1. The number of carbonyl (C=O) groups excluding carboxylic acids is 2. The van der Waals surface area contributed by atoms with Gasteiger partial charge in [0.1, 0.15) is 0 Å². The number of piperidine rings is 1. The molecule has 4 rings (SSSR count). The van der Waals surface area contributed by atoms with Crippen LogP contribution in [0.25, 0.3) is 0 Å². The van der Waals surface area contributed by atoms with Gasteiger partial charge < -0.3 is 24.6 Å². The number of rotatable bonds is 4. The van der Waals surface area contributed by atoms with Gasteiger partial charge in [0.2, 0.25) is 5.91 Å². The van der Waals surface area contributed by atoms with Gasteiger partial charge in [0.25, 0.3) is 0 Å². The highest BCUT2D eigenvalue weighted by molar-refractivity contribution is 5.95. The standard InChI is InChI=1S/C21H36N4O4/c1-4-25(20(27)22-11-15-12-23(2)13-15)19(26)17-9-16-10-21(28-7-8-29-21)6-5-18(16)24(3)14-17/h15-18H,4-14H2,1-3H3,(H,22,27)/t16-,17-,18-/m1/s1. The Kier molecular flexibility index (Phi) is 6.16. The van der Waals surface area contributed by atoms with Crippen LogP contribution >= 0.6 is 0 Å². The summed E-state index contributed by atoms with van der Waals surface area (Å²) in [7, 11) is 4.18. The summed E-state index contributed by atoms with van der Waals surface area (Å²) >= 11 is 0. The van der Waals surface area contributed by atoms with Crippen molar-refractivity contribution in [2.75, 3.05) is 60.0 Å². The molecule has 4 fully saturated rings. The smallest absolute Gasteiger partial charge is 0.324 e. The number of urea groups is 1. The van der Waals surface area contributed by atoms with Crippen molar-refractivity contribution in [3.8, 4) is 0 Å². The monoisotopic (exact) mass is 408 g/mol. The zero-order valence-corrected chi connectivity index (χ0v) is 18.1. The van der Waals surface area contributed by atoms with E-state index >= 15 is 0 Å². The van der Waals surface area contributed by atoms with Gasteiger partial charge in [-0.1, -0.05) is 0 Å². The molecule has 1 saturated carbocycles. The molecule has 1 N–H and O–H groups in total. The van der Waals surface area contributed by atoms with Gasteiger partial charge in [0, 0.05) is 57.5 Å². The minimum Gasteiger partial charge on any atom is -0.348 e. The van der Waals surface area contributed by atoms with Crippen LogP contribution in [0.3, 0.4) is 0 Å². The minimum absolute atomic E-state index is 0.0473. The fraction of sp³-hybridized carbons (Fsp3) is 0.905. The van der Waals surface area contributed by atoms with Crippen LogP contribution in [0.4, 0.5) is 4.79 Å². The van der Waals surface area contributed by atoms with Gasteiger partial charge in [-0.3, -0.25) is 9.69 Å². The molecule has 3 atom stereocenters. The summed E-state index contributed by atoms with van der Waals surface area (Å²) in [6.45, 7) is 6.96. The van der Waals surface area contributed by atoms with E-state index in [1.165, 1.54) is 4.90 Å². The van der Waals surface area contributed by atoms with E-state index in [4.69, 9.17) is 9.47 Å². The van der Waals surface area contributed by atoms with Crippen molar-refractivity contribution in [3.63, 3.8) is 0 Å². The van der Waals surface area contributed by atoms with Crippen LogP contribution in [0.2, 0.25) is 0 Å². The highest BCUT2D eigenvalue weighted by atomic mass is 16.7. The van der Waals surface area contributed by atoms with Crippen molar-refractivity contribution >= 4 is 11.9 Å². The number of carbonyl (C=O) groups is 2. The summed E-state index contributed by atoms with van der Waals surface area (Å²) in [6.07, 6.45) is 3.62. The number of hydrogen-bond donors (Lipinski definition) is 1. The molecule has 164 valence electrons. The molecule has 0 radical (unpaired) electrons. The van der Waals surface area contributed by atoms with E-state index in [1.807, 2.05) is 6.92 Å². The summed E-state index contributed by atoms with van der Waals surface area (Å²) in [5, 5.41) is 2.97. The predicted octanol–water partition coefficient (Wildman–Crippen LogP) is 0.970. The quantitative estimate of drug-likeness (QED) is 0.747. The van der Waals surface area contributed by atoms with E-state index in [1.54, 1.807) is 0 Å². The summed E-state index contributed by atoms with van der Waals surface area (Å²) in [5.41, 5.74) is 0. The molecule has 1 aliphatic carbocycles. The van der Waals surface area contributed by atoms with Gasteiger partial charge in [-0.05, 0) is 39.8 Å². The summed E-state index contributed by atoms with van der Waals surface area (Å²) in [6, 6.07) is 0.219. The van der Waals surface area contributed by atoms with Gasteiger partial charge in [0.15, 0.2) is 5.79 Å². The van der Waals surface area contributed by atoms with Gasteiger partial charge in [-0.15, -0.1) is 0 Å². The van der Waals surface area contributed by atoms with Gasteiger partial charge in [-0.2, -0.15) is 0 Å². The van der Waals surface area contributed by atoms with Crippen molar-refractivity contribution in [1.29, 1.82) is 0 Å². The second kappa shape index (κ2) is 8.49. The predicted molar refractivity (Wildman–Crippen MR) is 108 cm³/mol. The molecule has 3 saturated heterocycles. The van der Waals surface area contributed by atoms with E-state index in [2.05, 4.69) is 29.2 Å². The first-order valence-corrected chi connectivity index (χ1v) is 11.2. The van der Waals surface area contributed by atoms with Crippen molar-refractivity contribution < 1.29 is 19.1 Å². The fourth-order valence-corrected chi connectivity index (χ4v) is 5.83. The fourth-order valence-electron chi connectivity index (χ4n) is 5.83. The summed E-state index contributed by atoms with van der Waals surface area (Å²) in [5.74, 6) is 0.211. The van der Waals surface area contributed by atoms with Gasteiger partial charge in [-0.25, -0.2) is 4.79 Å². The molecule has 8 heteroatoms. The minimum atomic E-state index is -0.440. The van der Waals surface area contributed by atoms with Gasteiger partial charge in [0.05, 0.1) is 19.1 Å². The number of nitrogens with zero attached hydrogens (tertiary/aromatic N) is 3. The zero-order valence-electron chi connectivity index (χ0n) is 18.1. The third-order valence-electron chi connectivity index (χ3n) is 7.27. The molecule has 0 unspecified atom stereocenters. The molecule has 1 spiro atoms. The lowest BCUT2D eigenvalue weighted by atomic mass is 9.72. The van der Waals surface area contributed by atoms with E-state index < -0.39 is 5.79 Å². The first-order valence-electron chi connectivity index (χ1n) is 11.2. The molecule has 0 aromatic heterocycles. The third-order valence-corrected chi connectivity index (χ3v) is 7.27. The van der Waals surface area contributed by atoms with E-state index in [0.717, 1.165) is 38.8 Å². The lowest BCUT2D eigenvalue weighted by molar-refractivity contribution is -0.202. The Morgan fingerprint density at radius 2 is 1.90 bits per heavy atom. The maximum absolute atomic E-state index is 13.3. The van der Waals surface area contributed by atoms with E-state index in [0.29, 0.717) is 50.7 Å². The molecule has 0 aromatic rings. The third kappa shape index (κ3) is 4.31. The second-order valence-corrected chi connectivity index (χ2v) is 9.41. The maximum Gasteiger partial charge on any atom is 0.324 e. The van der Waals surface area contributed by atoms with Crippen LogP contribution in [-0.4, -0.2) is 98.5 Å². The maximum atomic E-state index is 13.3. The Morgan fingerprint density at radius 1 is 1.17 bits per heavy atom. The van der Waals surface area contributed by atoms with Crippen molar-refractivity contribution in [1.82, 2.24) is 20.0 Å². The highest BCUT2D eigenvalue weighted by Crippen LogP contribution is 2.45. The summed E-state index contributed by atoms with van der Waals surface area (Å²) in [4.78, 5) is 31.9. The first-order chi connectivity index (χ1) is 13.9. The Labute approximate surface area is 173 Å². The zero-order chi connectivity index (χ0) is 20.6. The average Bonchev–Trinajstić information content (AvgIpc) is 3.11. The van der Waals surface area contributed by atoms with Crippen molar-refractivity contribution in [3.05, 3.63) is 0 Å². The second-order valence-electron chi connectivity index (χ2n) is 9.41. The number of hydrogen-bond acceptors (Lipinski definition) is 6. The van der Waals surface area contributed by atoms with Crippen molar-refractivity contribution in [2.24, 2.45) is 17.8 Å². The van der Waals surface area contributed by atoms with E-state index in [9.17, 15) is 9.59 Å². The van der Waals surface area contributed by atoms with Crippen LogP contribution in [0.1, 0.15) is 32.6 Å². The van der Waals surface area contributed by atoms with Crippen LogP contribution in [0.15, 0.2) is 0 Å². The Bertz CT molecular complexity index is 618. The summed E-state index contributed by atoms with van der Waals surface area (Å²) < 4.78 is 11.9. The Morgan fingerprint density at radius 3 is 2.55 bits per heavy atom. The molecule has 29 heavy (non-hydrogen) atoms. The lowest BCUT2D eigenvalue weighted by Crippen LogP contribution is -2.57. The van der Waals surface area contributed by atoms with Crippen LogP contribution < -0.4 is 5.32 Å². The topological polar surface area (TPSA) is 74.4 Å². The molecular formula is C21H36N4O4. The molecule has 4 aliphatic rings. The number of fused-ring (bicyclic) bond motifs is 1. The Balaban J connectivity index is 1.36. The van der Waals surface area contributed by atoms with Crippen LogP contribution in [-0.2, 0) is 14.3 Å². The van der Waals surface area contributed by atoms with Gasteiger partial charge >= 0.3 is 6.03 Å². The van der Waals surface area contributed by atoms with Crippen LogP contribution in [0.5, 0.6) is 0 Å². The lowest BCUT2D eigenvalue weighted by Gasteiger charge is -2.49. The number of amides is 3. The normalized spacial score (nSPS) is 32.6. The molecule has 0 bridgehead atoms. The first kappa shape index (κ1) is 21.0. The molecule has 8 nitrogen and oxygen atoms in total. The van der Waals surface area contributed by atoms with Crippen molar-refractivity contribution in [2.45, 2.75) is 44.4 Å². The molecular weight excluding hydrogens is 372 g/mol. The highest BCUT2D eigenvalue weighted by Gasteiger charge is 2.49. The number of nitrogens with one attached hydrogen (secondary N) is 1. The van der Waals surface area contributed by atoms with Crippen LogP contribution in [0, 0.1) is 17.8 Å². The molecule has 0 aromatic carbocycles.